The van der Waals surface area contributed by atoms with Gasteiger partial charge in [0.15, 0.2) is 0 Å². The fourth-order valence-electron chi connectivity index (χ4n) is 1.58. The van der Waals surface area contributed by atoms with Gasteiger partial charge < -0.3 is 5.32 Å². The lowest BCUT2D eigenvalue weighted by atomic mass is 10.2. The molecule has 6 heteroatoms. The lowest BCUT2D eigenvalue weighted by molar-refractivity contribution is -0.384. The van der Waals surface area contributed by atoms with Crippen molar-refractivity contribution in [2.75, 3.05) is 11.9 Å². The Balaban J connectivity index is 2.02. The second-order valence-electron chi connectivity index (χ2n) is 3.67. The monoisotopic (exact) mass is 374 g/mol. The molecule has 2 aromatic rings. The predicted molar refractivity (Wildman–Crippen MR) is 82.3 cm³/mol. The van der Waals surface area contributed by atoms with Crippen LogP contribution in [0.3, 0.4) is 0 Å². The van der Waals surface area contributed by atoms with Gasteiger partial charge in [-0.1, -0.05) is 6.07 Å². The summed E-state index contributed by atoms with van der Waals surface area (Å²) in [6.07, 6.45) is 0.876. The van der Waals surface area contributed by atoms with Crippen LogP contribution >= 0.6 is 33.9 Å². The Kier molecular flexibility index (Phi) is 4.54. The van der Waals surface area contributed by atoms with Gasteiger partial charge in [-0.2, -0.15) is 0 Å². The number of nitro benzene ring substituents is 1. The molecule has 4 nitrogen and oxygen atoms in total. The molecule has 18 heavy (non-hydrogen) atoms. The van der Waals surface area contributed by atoms with Crippen LogP contribution in [0, 0.1) is 13.7 Å². The Morgan fingerprint density at radius 1 is 1.39 bits per heavy atom. The number of hydrogen-bond donors (Lipinski definition) is 1. The minimum Gasteiger partial charge on any atom is -0.379 e. The molecule has 0 fully saturated rings. The molecule has 0 bridgehead atoms. The summed E-state index contributed by atoms with van der Waals surface area (Å²) in [5.74, 6) is 0. The molecule has 1 N–H and O–H groups in total. The summed E-state index contributed by atoms with van der Waals surface area (Å²) in [7, 11) is 0. The molecule has 0 amide bonds. The third kappa shape index (κ3) is 3.42. The molecule has 0 spiro atoms. The molecular weight excluding hydrogens is 363 g/mol. The minimum absolute atomic E-state index is 0.132. The Labute approximate surface area is 122 Å². The molecule has 0 aliphatic rings. The van der Waals surface area contributed by atoms with Gasteiger partial charge in [-0.15, -0.1) is 11.3 Å². The lowest BCUT2D eigenvalue weighted by Crippen LogP contribution is -2.06. The quantitative estimate of drug-likeness (QED) is 0.491. The third-order valence-corrected chi connectivity index (χ3v) is 4.03. The normalized spacial score (nSPS) is 10.3. The highest BCUT2D eigenvalue weighted by atomic mass is 127. The van der Waals surface area contributed by atoms with E-state index in [1.807, 2.05) is 17.5 Å². The molecule has 0 unspecified atom stereocenters. The van der Waals surface area contributed by atoms with Crippen molar-refractivity contribution in [2.24, 2.45) is 0 Å². The van der Waals surface area contributed by atoms with Crippen LogP contribution in [0.4, 0.5) is 11.4 Å². The summed E-state index contributed by atoms with van der Waals surface area (Å²) < 4.78 is 0.864. The van der Waals surface area contributed by atoms with Crippen molar-refractivity contribution >= 4 is 45.3 Å². The molecule has 94 valence electrons. The average Bonchev–Trinajstić information content (AvgIpc) is 2.84. The fraction of sp³-hybridized carbons (Fsp3) is 0.167. The number of nitrogens with zero attached hydrogens (tertiary/aromatic N) is 1. The maximum atomic E-state index is 10.9. The van der Waals surface area contributed by atoms with Gasteiger partial charge in [0, 0.05) is 21.1 Å². The van der Waals surface area contributed by atoms with Gasteiger partial charge in [0.1, 0.15) is 5.69 Å². The Morgan fingerprint density at radius 2 is 2.22 bits per heavy atom. The average molecular weight is 374 g/mol. The largest absolute Gasteiger partial charge is 0.379 e. The van der Waals surface area contributed by atoms with E-state index in [2.05, 4.69) is 34.0 Å². The predicted octanol–water partition coefficient (Wildman–Crippen LogP) is 3.92. The molecule has 2 rings (SSSR count). The second kappa shape index (κ2) is 6.14. The molecule has 1 aromatic heterocycles. The van der Waals surface area contributed by atoms with Crippen molar-refractivity contribution in [3.8, 4) is 0 Å². The number of nitrogens with one attached hydrogen (secondary N) is 1. The van der Waals surface area contributed by atoms with Crippen LogP contribution in [0.2, 0.25) is 0 Å². The van der Waals surface area contributed by atoms with E-state index in [1.165, 1.54) is 4.88 Å². The standard InChI is InChI=1S/C12H11IN2O2S/c13-9-3-4-11(12(8-9)15(16)17)14-6-5-10-2-1-7-18-10/h1-4,7-8,14H,5-6H2. The first-order valence-corrected chi connectivity index (χ1v) is 7.33. The highest BCUT2D eigenvalue weighted by Gasteiger charge is 2.13. The number of benzene rings is 1. The fourth-order valence-corrected chi connectivity index (χ4v) is 2.76. The van der Waals surface area contributed by atoms with Crippen LogP contribution in [-0.4, -0.2) is 11.5 Å². The number of nitro groups is 1. The van der Waals surface area contributed by atoms with E-state index in [1.54, 1.807) is 23.5 Å². The van der Waals surface area contributed by atoms with E-state index in [-0.39, 0.29) is 10.6 Å². The van der Waals surface area contributed by atoms with Crippen LogP contribution < -0.4 is 5.32 Å². The van der Waals surface area contributed by atoms with Crippen molar-refractivity contribution in [3.63, 3.8) is 0 Å². The summed E-state index contributed by atoms with van der Waals surface area (Å²) >= 11 is 3.77. The van der Waals surface area contributed by atoms with Gasteiger partial charge in [-0.05, 0) is 52.6 Å². The zero-order valence-corrected chi connectivity index (χ0v) is 12.4. The molecule has 0 atom stereocenters. The Morgan fingerprint density at radius 3 is 2.89 bits per heavy atom. The number of anilines is 1. The van der Waals surface area contributed by atoms with Gasteiger partial charge in [-0.3, -0.25) is 10.1 Å². The van der Waals surface area contributed by atoms with E-state index < -0.39 is 0 Å². The molecule has 0 radical (unpaired) electrons. The molecule has 0 aliphatic heterocycles. The Hall–Kier alpha value is -1.15. The number of thiophene rings is 1. The SMILES string of the molecule is O=[N+]([O-])c1cc(I)ccc1NCCc1cccs1. The van der Waals surface area contributed by atoms with E-state index in [4.69, 9.17) is 0 Å². The van der Waals surface area contributed by atoms with Crippen LogP contribution in [0.1, 0.15) is 4.88 Å². The summed E-state index contributed by atoms with van der Waals surface area (Å²) in [6.45, 7) is 0.696. The van der Waals surface area contributed by atoms with E-state index in [9.17, 15) is 10.1 Å². The number of rotatable bonds is 5. The summed E-state index contributed by atoms with van der Waals surface area (Å²) in [4.78, 5) is 11.9. The van der Waals surface area contributed by atoms with Gasteiger partial charge >= 0.3 is 0 Å². The van der Waals surface area contributed by atoms with E-state index in [0.29, 0.717) is 12.2 Å². The summed E-state index contributed by atoms with van der Waals surface area (Å²) in [6, 6.07) is 9.27. The van der Waals surface area contributed by atoms with Gasteiger partial charge in [0.05, 0.1) is 4.92 Å². The second-order valence-corrected chi connectivity index (χ2v) is 5.95. The van der Waals surface area contributed by atoms with Gasteiger partial charge in [0.25, 0.3) is 5.69 Å². The lowest BCUT2D eigenvalue weighted by Gasteiger charge is -2.06. The van der Waals surface area contributed by atoms with Crippen molar-refractivity contribution in [3.05, 3.63) is 54.3 Å². The highest BCUT2D eigenvalue weighted by Crippen LogP contribution is 2.26. The summed E-state index contributed by atoms with van der Waals surface area (Å²) in [5.41, 5.74) is 0.713. The number of hydrogen-bond acceptors (Lipinski definition) is 4. The Bertz CT molecular complexity index is 543. The molecule has 0 aliphatic carbocycles. The molecular formula is C12H11IN2O2S. The van der Waals surface area contributed by atoms with Crippen molar-refractivity contribution < 1.29 is 4.92 Å². The van der Waals surface area contributed by atoms with Gasteiger partial charge in [-0.25, -0.2) is 0 Å². The van der Waals surface area contributed by atoms with Crippen LogP contribution in [-0.2, 0) is 6.42 Å². The molecule has 1 aromatic carbocycles. The van der Waals surface area contributed by atoms with Crippen molar-refractivity contribution in [1.82, 2.24) is 0 Å². The topological polar surface area (TPSA) is 55.2 Å². The number of halogens is 1. The summed E-state index contributed by atoms with van der Waals surface area (Å²) in [5, 5.41) is 16.1. The first kappa shape index (κ1) is 13.3. The maximum Gasteiger partial charge on any atom is 0.293 e. The zero-order valence-electron chi connectivity index (χ0n) is 9.43. The minimum atomic E-state index is -0.352. The first-order valence-electron chi connectivity index (χ1n) is 5.37. The maximum absolute atomic E-state index is 10.9. The third-order valence-electron chi connectivity index (χ3n) is 2.42. The smallest absolute Gasteiger partial charge is 0.293 e. The highest BCUT2D eigenvalue weighted by molar-refractivity contribution is 14.1. The molecule has 0 saturated heterocycles. The van der Waals surface area contributed by atoms with Crippen LogP contribution in [0.15, 0.2) is 35.7 Å². The van der Waals surface area contributed by atoms with Crippen molar-refractivity contribution in [1.29, 1.82) is 0 Å². The van der Waals surface area contributed by atoms with E-state index in [0.717, 1.165) is 9.99 Å². The van der Waals surface area contributed by atoms with Crippen LogP contribution in [0.25, 0.3) is 0 Å². The van der Waals surface area contributed by atoms with Crippen molar-refractivity contribution in [2.45, 2.75) is 6.42 Å². The zero-order chi connectivity index (χ0) is 13.0. The van der Waals surface area contributed by atoms with E-state index >= 15 is 0 Å². The van der Waals surface area contributed by atoms with Gasteiger partial charge in [0.2, 0.25) is 0 Å². The molecule has 0 saturated carbocycles. The molecule has 1 heterocycles. The van der Waals surface area contributed by atoms with Crippen LogP contribution in [0.5, 0.6) is 0 Å². The first-order chi connectivity index (χ1) is 8.66.